The van der Waals surface area contributed by atoms with Gasteiger partial charge >= 0.3 is 0 Å². The molecule has 2 N–H and O–H groups in total. The smallest absolute Gasteiger partial charge is 0.271 e. The van der Waals surface area contributed by atoms with Crippen molar-refractivity contribution in [3.05, 3.63) is 62.0 Å². The summed E-state index contributed by atoms with van der Waals surface area (Å²) in [7, 11) is 0. The van der Waals surface area contributed by atoms with Crippen LogP contribution in [0.1, 0.15) is 21.5 Å². The number of rotatable bonds is 3. The molecular formula is C15H9Br2N3O2. The van der Waals surface area contributed by atoms with E-state index in [1.807, 2.05) is 6.07 Å². The van der Waals surface area contributed by atoms with Crippen LogP contribution < -0.4 is 5.43 Å². The third-order valence-corrected chi connectivity index (χ3v) is 3.77. The van der Waals surface area contributed by atoms with E-state index in [0.717, 1.165) is 4.47 Å². The molecule has 0 aliphatic carbocycles. The van der Waals surface area contributed by atoms with Gasteiger partial charge in [0.25, 0.3) is 5.91 Å². The second-order valence-electron chi connectivity index (χ2n) is 4.21. The molecule has 0 aliphatic heterocycles. The molecule has 0 radical (unpaired) electrons. The van der Waals surface area contributed by atoms with E-state index in [4.69, 9.17) is 5.26 Å². The number of hydrogen-bond acceptors (Lipinski definition) is 4. The number of nitriles is 1. The molecular weight excluding hydrogens is 414 g/mol. The van der Waals surface area contributed by atoms with Crippen LogP contribution in [0.4, 0.5) is 0 Å². The maximum Gasteiger partial charge on any atom is 0.271 e. The topological polar surface area (TPSA) is 85.5 Å². The largest absolute Gasteiger partial charge is 0.506 e. The van der Waals surface area contributed by atoms with Crippen LogP contribution in [-0.4, -0.2) is 17.2 Å². The molecule has 110 valence electrons. The van der Waals surface area contributed by atoms with E-state index < -0.39 is 5.91 Å². The van der Waals surface area contributed by atoms with Crippen LogP contribution in [0.5, 0.6) is 5.75 Å². The first-order valence-corrected chi connectivity index (χ1v) is 7.61. The van der Waals surface area contributed by atoms with E-state index in [1.54, 1.807) is 24.3 Å². The number of phenolic OH excluding ortho intramolecular Hbond substituents is 1. The van der Waals surface area contributed by atoms with Crippen LogP contribution in [0.25, 0.3) is 0 Å². The van der Waals surface area contributed by atoms with Gasteiger partial charge in [-0.15, -0.1) is 0 Å². The number of nitrogens with one attached hydrogen (secondary N) is 1. The lowest BCUT2D eigenvalue weighted by Gasteiger charge is -2.03. The zero-order chi connectivity index (χ0) is 16.1. The first-order valence-electron chi connectivity index (χ1n) is 6.03. The van der Waals surface area contributed by atoms with Crippen LogP contribution in [-0.2, 0) is 0 Å². The van der Waals surface area contributed by atoms with E-state index in [-0.39, 0.29) is 5.75 Å². The van der Waals surface area contributed by atoms with Crippen LogP contribution >= 0.6 is 31.9 Å². The summed E-state index contributed by atoms with van der Waals surface area (Å²) >= 11 is 6.51. The third-order valence-electron chi connectivity index (χ3n) is 2.70. The minimum absolute atomic E-state index is 0.0274. The van der Waals surface area contributed by atoms with Gasteiger partial charge in [0.1, 0.15) is 5.75 Å². The summed E-state index contributed by atoms with van der Waals surface area (Å²) in [5, 5.41) is 22.4. The minimum atomic E-state index is -0.408. The lowest BCUT2D eigenvalue weighted by atomic mass is 10.1. The van der Waals surface area contributed by atoms with Gasteiger partial charge in [0, 0.05) is 15.6 Å². The SMILES string of the molecule is N#Cc1ccc(C(=O)NN=Cc2cc(Br)cc(Br)c2O)cc1. The molecule has 2 rings (SSSR count). The van der Waals surface area contributed by atoms with Crippen LogP contribution in [0.3, 0.4) is 0 Å². The van der Waals surface area contributed by atoms with Crippen molar-refractivity contribution in [2.24, 2.45) is 5.10 Å². The summed E-state index contributed by atoms with van der Waals surface area (Å²) in [4.78, 5) is 11.9. The summed E-state index contributed by atoms with van der Waals surface area (Å²) in [5.74, 6) is -0.381. The van der Waals surface area contributed by atoms with Gasteiger partial charge in [-0.2, -0.15) is 10.4 Å². The Kier molecular flexibility index (Phi) is 5.31. The quantitative estimate of drug-likeness (QED) is 0.585. The van der Waals surface area contributed by atoms with E-state index in [9.17, 15) is 9.90 Å². The molecule has 1 amide bonds. The van der Waals surface area contributed by atoms with Crippen molar-refractivity contribution in [3.63, 3.8) is 0 Å². The van der Waals surface area contributed by atoms with Crippen molar-refractivity contribution in [2.75, 3.05) is 0 Å². The van der Waals surface area contributed by atoms with E-state index >= 15 is 0 Å². The molecule has 5 nitrogen and oxygen atoms in total. The average Bonchev–Trinajstić information content (AvgIpc) is 2.51. The minimum Gasteiger partial charge on any atom is -0.506 e. The fraction of sp³-hybridized carbons (Fsp3) is 0. The zero-order valence-corrected chi connectivity index (χ0v) is 14.2. The van der Waals surface area contributed by atoms with Gasteiger partial charge in [0.2, 0.25) is 0 Å². The molecule has 0 saturated carbocycles. The Morgan fingerprint density at radius 1 is 1.27 bits per heavy atom. The average molecular weight is 423 g/mol. The second-order valence-corrected chi connectivity index (χ2v) is 5.98. The fourth-order valence-electron chi connectivity index (χ4n) is 1.61. The molecule has 0 bridgehead atoms. The molecule has 2 aromatic rings. The number of aromatic hydroxyl groups is 1. The van der Waals surface area contributed by atoms with Crippen molar-refractivity contribution in [1.29, 1.82) is 5.26 Å². The number of nitrogens with zero attached hydrogens (tertiary/aromatic N) is 2. The summed E-state index contributed by atoms with van der Waals surface area (Å²) < 4.78 is 1.28. The van der Waals surface area contributed by atoms with Gasteiger partial charge in [-0.1, -0.05) is 15.9 Å². The normalized spacial score (nSPS) is 10.4. The van der Waals surface area contributed by atoms with Crippen LogP contribution in [0.2, 0.25) is 0 Å². The predicted molar refractivity (Wildman–Crippen MR) is 89.7 cm³/mol. The molecule has 2 aromatic carbocycles. The molecule has 0 saturated heterocycles. The summed E-state index contributed by atoms with van der Waals surface area (Å²) in [5.41, 5.74) is 3.66. The van der Waals surface area contributed by atoms with Gasteiger partial charge in [0.15, 0.2) is 0 Å². The number of carbonyl (C=O) groups excluding carboxylic acids is 1. The Hall–Kier alpha value is -2.17. The Bertz CT molecular complexity index is 781. The van der Waals surface area contributed by atoms with Crippen molar-refractivity contribution in [1.82, 2.24) is 5.43 Å². The van der Waals surface area contributed by atoms with Crippen LogP contribution in [0, 0.1) is 11.3 Å². The van der Waals surface area contributed by atoms with E-state index in [2.05, 4.69) is 42.4 Å². The van der Waals surface area contributed by atoms with Gasteiger partial charge < -0.3 is 5.11 Å². The molecule has 0 aliphatic rings. The molecule has 0 unspecified atom stereocenters. The van der Waals surface area contributed by atoms with Crippen LogP contribution in [0.15, 0.2) is 50.4 Å². The Labute approximate surface area is 143 Å². The first kappa shape index (κ1) is 16.2. The molecule has 0 atom stereocenters. The second kappa shape index (κ2) is 7.20. The van der Waals surface area contributed by atoms with Crippen molar-refractivity contribution in [3.8, 4) is 11.8 Å². The number of amides is 1. The molecule has 0 spiro atoms. The van der Waals surface area contributed by atoms with Crippen molar-refractivity contribution < 1.29 is 9.90 Å². The van der Waals surface area contributed by atoms with Gasteiger partial charge in [-0.3, -0.25) is 4.79 Å². The molecule has 0 fully saturated rings. The standard InChI is InChI=1S/C15H9Br2N3O2/c16-12-5-11(14(21)13(17)6-12)8-19-20-15(22)10-3-1-9(7-18)2-4-10/h1-6,8,21H,(H,20,22). The third kappa shape index (κ3) is 3.93. The van der Waals surface area contributed by atoms with E-state index in [0.29, 0.717) is 21.2 Å². The highest BCUT2D eigenvalue weighted by molar-refractivity contribution is 9.11. The number of phenols is 1. The van der Waals surface area contributed by atoms with Gasteiger partial charge in [0.05, 0.1) is 22.3 Å². The van der Waals surface area contributed by atoms with Gasteiger partial charge in [-0.05, 0) is 52.3 Å². The summed E-state index contributed by atoms with van der Waals surface area (Å²) in [6.45, 7) is 0. The first-order chi connectivity index (χ1) is 10.5. The van der Waals surface area contributed by atoms with Gasteiger partial charge in [-0.25, -0.2) is 5.43 Å². The highest BCUT2D eigenvalue weighted by Gasteiger charge is 2.06. The maximum atomic E-state index is 11.9. The lowest BCUT2D eigenvalue weighted by Crippen LogP contribution is -2.17. The summed E-state index contributed by atoms with van der Waals surface area (Å²) in [6.07, 6.45) is 1.34. The Morgan fingerprint density at radius 3 is 2.59 bits per heavy atom. The summed E-state index contributed by atoms with van der Waals surface area (Å²) in [6, 6.07) is 11.5. The number of hydrogen-bond donors (Lipinski definition) is 2. The highest BCUT2D eigenvalue weighted by atomic mass is 79.9. The number of carbonyl (C=O) groups is 1. The number of halogens is 2. The number of hydrazone groups is 1. The lowest BCUT2D eigenvalue weighted by molar-refractivity contribution is 0.0955. The number of benzene rings is 2. The van der Waals surface area contributed by atoms with Crippen molar-refractivity contribution >= 4 is 44.0 Å². The maximum absolute atomic E-state index is 11.9. The van der Waals surface area contributed by atoms with Crippen molar-refractivity contribution in [2.45, 2.75) is 0 Å². The zero-order valence-electron chi connectivity index (χ0n) is 11.0. The molecule has 0 heterocycles. The highest BCUT2D eigenvalue weighted by Crippen LogP contribution is 2.30. The molecule has 0 aromatic heterocycles. The molecule has 22 heavy (non-hydrogen) atoms. The van der Waals surface area contributed by atoms with E-state index in [1.165, 1.54) is 18.3 Å². The monoisotopic (exact) mass is 421 g/mol. The predicted octanol–water partition coefficient (Wildman–Crippen LogP) is 3.55. The Balaban J connectivity index is 2.09. The molecule has 7 heteroatoms. The fourth-order valence-corrected chi connectivity index (χ4v) is 2.86. The Morgan fingerprint density at radius 2 is 1.95 bits per heavy atom.